The summed E-state index contributed by atoms with van der Waals surface area (Å²) in [6.45, 7) is -0.455. The molecule has 0 saturated carbocycles. The fraction of sp³-hybridized carbons (Fsp3) is 0.154. The molecule has 0 saturated heterocycles. The number of aryl methyl sites for hydroxylation is 1. The summed E-state index contributed by atoms with van der Waals surface area (Å²) < 4.78 is 73.4. The molecule has 39 heavy (non-hydrogen) atoms. The van der Waals surface area contributed by atoms with Crippen molar-refractivity contribution in [2.24, 2.45) is 7.05 Å². The van der Waals surface area contributed by atoms with Crippen LogP contribution in [-0.4, -0.2) is 51.2 Å². The number of hydrogen-bond donors (Lipinski definition) is 1. The topological polar surface area (TPSA) is 112 Å². The molecule has 0 bridgehead atoms. The molecule has 200 valence electrons. The third kappa shape index (κ3) is 5.39. The fourth-order valence-corrected chi connectivity index (χ4v) is 5.61. The van der Waals surface area contributed by atoms with Crippen LogP contribution in [0, 0.1) is 17.5 Å². The number of benzene rings is 2. The van der Waals surface area contributed by atoms with Crippen LogP contribution in [0.15, 0.2) is 72.3 Å². The van der Waals surface area contributed by atoms with E-state index in [0.717, 1.165) is 12.3 Å². The number of halogens is 3. The summed E-state index contributed by atoms with van der Waals surface area (Å²) in [5.41, 5.74) is 1.63. The Hall–Kier alpha value is -4.52. The molecule has 2 aromatic carbocycles. The molecular formula is C26H21F3N6O3S. The van der Waals surface area contributed by atoms with Gasteiger partial charge in [0.1, 0.15) is 17.5 Å². The molecule has 0 unspecified atom stereocenters. The minimum absolute atomic E-state index is 0.0475. The molecule has 0 spiro atoms. The van der Waals surface area contributed by atoms with Gasteiger partial charge in [-0.25, -0.2) is 21.6 Å². The minimum atomic E-state index is -4.15. The van der Waals surface area contributed by atoms with Crippen molar-refractivity contribution in [1.29, 1.82) is 0 Å². The summed E-state index contributed by atoms with van der Waals surface area (Å²) in [5.74, 6) is -3.66. The third-order valence-electron chi connectivity index (χ3n) is 6.13. The van der Waals surface area contributed by atoms with Crippen LogP contribution in [0.4, 0.5) is 13.2 Å². The van der Waals surface area contributed by atoms with Crippen molar-refractivity contribution in [2.45, 2.75) is 11.4 Å². The largest absolute Gasteiger partial charge is 0.351 e. The van der Waals surface area contributed by atoms with Crippen molar-refractivity contribution in [3.05, 3.63) is 96.0 Å². The number of sulfone groups is 1. The second-order valence-electron chi connectivity index (χ2n) is 8.82. The van der Waals surface area contributed by atoms with E-state index < -0.39 is 38.9 Å². The van der Waals surface area contributed by atoms with Gasteiger partial charge in [0, 0.05) is 43.2 Å². The standard InChI is InChI=1S/C26H21F3N6O3S/c1-34-13-19(12-33-34)16-2-3-18(21(28)8-16)14-35-15-24(25-22(29)9-20(27)10-23(25)35)39(37,38)7-6-30-26(36)17-4-5-31-32-11-17/h2-5,8-13,15H,6-7,14H2,1H3,(H,30,36). The van der Waals surface area contributed by atoms with Crippen molar-refractivity contribution in [3.8, 4) is 11.1 Å². The molecule has 0 aliphatic rings. The molecule has 0 aliphatic carbocycles. The number of aromatic nitrogens is 5. The number of fused-ring (bicyclic) bond motifs is 1. The zero-order chi connectivity index (χ0) is 27.7. The first-order valence-electron chi connectivity index (χ1n) is 11.7. The quantitative estimate of drug-likeness (QED) is 0.314. The average Bonchev–Trinajstić information content (AvgIpc) is 3.50. The Labute approximate surface area is 220 Å². The lowest BCUT2D eigenvalue weighted by molar-refractivity contribution is 0.0955. The third-order valence-corrected chi connectivity index (χ3v) is 7.85. The number of rotatable bonds is 8. The first-order chi connectivity index (χ1) is 18.6. The van der Waals surface area contributed by atoms with E-state index >= 15 is 4.39 Å². The Bertz CT molecular complexity index is 1800. The molecule has 0 aliphatic heterocycles. The molecule has 0 radical (unpaired) electrons. The van der Waals surface area contributed by atoms with Gasteiger partial charge in [0.05, 0.1) is 52.3 Å². The Morgan fingerprint density at radius 1 is 0.974 bits per heavy atom. The highest BCUT2D eigenvalue weighted by atomic mass is 32.2. The molecule has 3 aromatic heterocycles. The van der Waals surface area contributed by atoms with Crippen molar-refractivity contribution in [3.63, 3.8) is 0 Å². The van der Waals surface area contributed by atoms with E-state index in [9.17, 15) is 22.0 Å². The van der Waals surface area contributed by atoms with Crippen LogP contribution in [0.2, 0.25) is 0 Å². The number of amides is 1. The van der Waals surface area contributed by atoms with Gasteiger partial charge in [-0.15, -0.1) is 0 Å². The molecule has 1 amide bonds. The van der Waals surface area contributed by atoms with E-state index in [1.165, 1.54) is 35.2 Å². The van der Waals surface area contributed by atoms with Crippen LogP contribution in [0.25, 0.3) is 22.0 Å². The van der Waals surface area contributed by atoms with Gasteiger partial charge >= 0.3 is 0 Å². The van der Waals surface area contributed by atoms with Crippen LogP contribution in [0.3, 0.4) is 0 Å². The molecule has 0 fully saturated rings. The van der Waals surface area contributed by atoms with Gasteiger partial charge in [-0.3, -0.25) is 9.48 Å². The second-order valence-corrected chi connectivity index (χ2v) is 10.9. The maximum absolute atomic E-state index is 15.1. The van der Waals surface area contributed by atoms with Gasteiger partial charge in [0.25, 0.3) is 5.91 Å². The average molecular weight is 555 g/mol. The summed E-state index contributed by atoms with van der Waals surface area (Å²) in [6, 6.07) is 7.52. The Morgan fingerprint density at radius 3 is 2.49 bits per heavy atom. The van der Waals surface area contributed by atoms with Gasteiger partial charge < -0.3 is 9.88 Å². The molecule has 5 aromatic rings. The Balaban J connectivity index is 1.44. The number of nitrogens with one attached hydrogen (secondary N) is 1. The Kier molecular flexibility index (Phi) is 6.91. The summed E-state index contributed by atoms with van der Waals surface area (Å²) in [7, 11) is -2.41. The maximum Gasteiger partial charge on any atom is 0.253 e. The van der Waals surface area contributed by atoms with Crippen LogP contribution < -0.4 is 5.32 Å². The van der Waals surface area contributed by atoms with Gasteiger partial charge in [0.15, 0.2) is 9.84 Å². The van der Waals surface area contributed by atoms with Crippen molar-refractivity contribution in [2.75, 3.05) is 12.3 Å². The summed E-state index contributed by atoms with van der Waals surface area (Å²) in [5, 5.41) is 13.4. The van der Waals surface area contributed by atoms with Gasteiger partial charge in [-0.1, -0.05) is 12.1 Å². The maximum atomic E-state index is 15.1. The molecule has 3 heterocycles. The molecule has 5 rings (SSSR count). The van der Waals surface area contributed by atoms with E-state index in [-0.39, 0.29) is 40.0 Å². The monoisotopic (exact) mass is 554 g/mol. The lowest BCUT2D eigenvalue weighted by Gasteiger charge is -2.08. The van der Waals surface area contributed by atoms with Crippen LogP contribution in [0.1, 0.15) is 15.9 Å². The molecule has 0 atom stereocenters. The predicted octanol–water partition coefficient (Wildman–Crippen LogP) is 3.50. The second kappa shape index (κ2) is 10.3. The highest BCUT2D eigenvalue weighted by Crippen LogP contribution is 2.31. The highest BCUT2D eigenvalue weighted by Gasteiger charge is 2.25. The normalized spacial score (nSPS) is 11.7. The number of carbonyl (C=O) groups is 1. The van der Waals surface area contributed by atoms with Gasteiger partial charge in [-0.2, -0.15) is 15.3 Å². The summed E-state index contributed by atoms with van der Waals surface area (Å²) >= 11 is 0. The van der Waals surface area contributed by atoms with E-state index in [1.54, 1.807) is 30.2 Å². The van der Waals surface area contributed by atoms with E-state index in [1.807, 2.05) is 0 Å². The molecule has 13 heteroatoms. The van der Waals surface area contributed by atoms with E-state index in [2.05, 4.69) is 20.6 Å². The molecular weight excluding hydrogens is 533 g/mol. The number of nitrogens with zero attached hydrogens (tertiary/aromatic N) is 5. The highest BCUT2D eigenvalue weighted by molar-refractivity contribution is 7.91. The van der Waals surface area contributed by atoms with Crippen molar-refractivity contribution < 1.29 is 26.4 Å². The van der Waals surface area contributed by atoms with E-state index in [0.29, 0.717) is 17.2 Å². The summed E-state index contributed by atoms with van der Waals surface area (Å²) in [6.07, 6.45) is 7.02. The minimum Gasteiger partial charge on any atom is -0.351 e. The van der Waals surface area contributed by atoms with Crippen LogP contribution in [0.5, 0.6) is 0 Å². The smallest absolute Gasteiger partial charge is 0.253 e. The first-order valence-corrected chi connectivity index (χ1v) is 13.3. The predicted molar refractivity (Wildman–Crippen MR) is 136 cm³/mol. The molecule has 9 nitrogen and oxygen atoms in total. The number of carbonyl (C=O) groups excluding carboxylic acids is 1. The van der Waals surface area contributed by atoms with Gasteiger partial charge in [-0.05, 0) is 23.8 Å². The summed E-state index contributed by atoms with van der Waals surface area (Å²) in [4.78, 5) is 11.8. The van der Waals surface area contributed by atoms with Gasteiger partial charge in [0.2, 0.25) is 0 Å². The SMILES string of the molecule is Cn1cc(-c2ccc(Cn3cc(S(=O)(=O)CCNC(=O)c4ccnnc4)c4c(F)cc(F)cc43)c(F)c2)cn1. The van der Waals surface area contributed by atoms with E-state index in [4.69, 9.17) is 0 Å². The number of hydrogen-bond acceptors (Lipinski definition) is 6. The van der Waals surface area contributed by atoms with Crippen molar-refractivity contribution >= 4 is 26.6 Å². The zero-order valence-corrected chi connectivity index (χ0v) is 21.3. The molecule has 1 N–H and O–H groups in total. The van der Waals surface area contributed by atoms with Crippen LogP contribution >= 0.6 is 0 Å². The first kappa shape index (κ1) is 26.1. The zero-order valence-electron chi connectivity index (χ0n) is 20.5. The fourth-order valence-electron chi connectivity index (χ4n) is 4.22. The van der Waals surface area contributed by atoms with Crippen LogP contribution in [-0.2, 0) is 23.4 Å². The Morgan fingerprint density at radius 2 is 1.79 bits per heavy atom. The lowest BCUT2D eigenvalue weighted by atomic mass is 10.1. The van der Waals surface area contributed by atoms with Crippen molar-refractivity contribution in [1.82, 2.24) is 29.9 Å². The lowest BCUT2D eigenvalue weighted by Crippen LogP contribution is -2.29.